The molecule has 2 N–H and O–H groups in total. The van der Waals surface area contributed by atoms with Gasteiger partial charge in [-0.3, -0.25) is 19.0 Å². The smallest absolute Gasteiger partial charge is 0.271 e. The Morgan fingerprint density at radius 3 is 2.50 bits per heavy atom. The number of carbonyl (C=O) groups is 2. The number of nitrogens with zero attached hydrogens (tertiary/aromatic N) is 5. The molecule has 0 aliphatic carbocycles. The van der Waals surface area contributed by atoms with Crippen LogP contribution in [0, 0.1) is 18.8 Å². The third-order valence-corrected chi connectivity index (χ3v) is 7.61. The molecule has 0 saturated carbocycles. The van der Waals surface area contributed by atoms with Crippen molar-refractivity contribution in [2.45, 2.75) is 38.5 Å². The predicted octanol–water partition coefficient (Wildman–Crippen LogP) is 0.887. The normalized spacial score (nSPS) is 17.5. The van der Waals surface area contributed by atoms with Crippen LogP contribution in [0.25, 0.3) is 0 Å². The number of nitrogens with one attached hydrogen (secondary N) is 2. The lowest BCUT2D eigenvalue weighted by molar-refractivity contribution is -0.120. The fraction of sp³-hybridized carbons (Fsp3) is 0.600. The molecule has 2 aromatic heterocycles. The van der Waals surface area contributed by atoms with Gasteiger partial charge in [-0.2, -0.15) is 14.5 Å². The van der Waals surface area contributed by atoms with Crippen molar-refractivity contribution in [1.29, 1.82) is 0 Å². The highest BCUT2D eigenvalue weighted by Crippen LogP contribution is 2.26. The largest absolute Gasteiger partial charge is 0.350 e. The molecule has 1 atom stereocenters. The average molecular weight is 466 g/mol. The number of sulfonamides is 1. The number of amides is 2. The molecule has 3 heterocycles. The first kappa shape index (κ1) is 23.9. The van der Waals surface area contributed by atoms with Gasteiger partial charge in [-0.05, 0) is 25.7 Å². The molecule has 0 aromatic carbocycles. The van der Waals surface area contributed by atoms with Crippen LogP contribution in [0.3, 0.4) is 0 Å². The van der Waals surface area contributed by atoms with E-state index in [0.29, 0.717) is 37.3 Å². The minimum Gasteiger partial charge on any atom is -0.350 e. The summed E-state index contributed by atoms with van der Waals surface area (Å²) in [6.07, 6.45) is 3.88. The predicted molar refractivity (Wildman–Crippen MR) is 118 cm³/mol. The van der Waals surface area contributed by atoms with Crippen LogP contribution in [-0.2, 0) is 28.9 Å². The first-order valence-electron chi connectivity index (χ1n) is 10.6. The maximum absolute atomic E-state index is 13.1. The molecule has 2 amide bonds. The van der Waals surface area contributed by atoms with Gasteiger partial charge in [0, 0.05) is 33.7 Å². The number of aromatic nitrogens is 4. The number of aryl methyl sites for hydroxylation is 2. The summed E-state index contributed by atoms with van der Waals surface area (Å²) in [7, 11) is -0.441. The molecule has 0 unspecified atom stereocenters. The van der Waals surface area contributed by atoms with Crippen molar-refractivity contribution in [1.82, 2.24) is 29.2 Å². The van der Waals surface area contributed by atoms with Gasteiger partial charge in [0.1, 0.15) is 10.6 Å². The van der Waals surface area contributed by atoms with E-state index in [4.69, 9.17) is 0 Å². The Bertz CT molecular complexity index is 1100. The highest BCUT2D eigenvalue weighted by molar-refractivity contribution is 7.89. The Labute approximate surface area is 188 Å². The lowest BCUT2D eigenvalue weighted by Gasteiger charge is -2.31. The van der Waals surface area contributed by atoms with Crippen molar-refractivity contribution in [3.8, 4) is 0 Å². The lowest BCUT2D eigenvalue weighted by Crippen LogP contribution is -2.44. The Kier molecular flexibility index (Phi) is 7.03. The Hall–Kier alpha value is -2.73. The fourth-order valence-electron chi connectivity index (χ4n) is 3.66. The van der Waals surface area contributed by atoms with Crippen molar-refractivity contribution in [2.24, 2.45) is 25.9 Å². The van der Waals surface area contributed by atoms with Gasteiger partial charge in [-0.15, -0.1) is 0 Å². The number of carbonyl (C=O) groups excluding carboxylic acids is 2. The van der Waals surface area contributed by atoms with Crippen molar-refractivity contribution in [3.05, 3.63) is 23.8 Å². The van der Waals surface area contributed by atoms with Crippen LogP contribution in [0.2, 0.25) is 0 Å². The van der Waals surface area contributed by atoms with Gasteiger partial charge in [0.15, 0.2) is 0 Å². The quantitative estimate of drug-likeness (QED) is 0.624. The minimum absolute atomic E-state index is 0.0671. The van der Waals surface area contributed by atoms with Gasteiger partial charge in [0.2, 0.25) is 15.9 Å². The van der Waals surface area contributed by atoms with Crippen LogP contribution in [-0.4, -0.2) is 63.7 Å². The summed E-state index contributed by atoms with van der Waals surface area (Å²) in [5.41, 5.74) is 1.11. The zero-order valence-electron chi connectivity index (χ0n) is 19.1. The number of hydrogen-bond donors (Lipinski definition) is 2. The number of piperidine rings is 1. The molecule has 12 heteroatoms. The van der Waals surface area contributed by atoms with E-state index < -0.39 is 15.9 Å². The molecular weight excluding hydrogens is 434 g/mol. The maximum atomic E-state index is 13.1. The second-order valence-electron chi connectivity index (χ2n) is 8.54. The summed E-state index contributed by atoms with van der Waals surface area (Å²) in [5, 5.41) is 13.7. The van der Waals surface area contributed by atoms with E-state index in [1.54, 1.807) is 21.0 Å². The van der Waals surface area contributed by atoms with Gasteiger partial charge in [-0.1, -0.05) is 13.8 Å². The molecule has 1 saturated heterocycles. The van der Waals surface area contributed by atoms with Gasteiger partial charge in [0.25, 0.3) is 5.91 Å². The highest BCUT2D eigenvalue weighted by atomic mass is 32.2. The molecule has 0 bridgehead atoms. The minimum atomic E-state index is -3.75. The van der Waals surface area contributed by atoms with Gasteiger partial charge in [-0.25, -0.2) is 8.42 Å². The molecule has 176 valence electrons. The van der Waals surface area contributed by atoms with Crippen LogP contribution in [0.4, 0.5) is 5.69 Å². The molecule has 32 heavy (non-hydrogen) atoms. The van der Waals surface area contributed by atoms with Crippen molar-refractivity contribution in [3.63, 3.8) is 0 Å². The summed E-state index contributed by atoms with van der Waals surface area (Å²) < 4.78 is 30.4. The van der Waals surface area contributed by atoms with Crippen molar-refractivity contribution in [2.75, 3.05) is 25.0 Å². The van der Waals surface area contributed by atoms with Crippen LogP contribution in [0.5, 0.6) is 0 Å². The molecule has 1 aliphatic rings. The summed E-state index contributed by atoms with van der Waals surface area (Å²) in [6.45, 7) is 6.58. The molecule has 1 fully saturated rings. The first-order valence-corrected chi connectivity index (χ1v) is 12.1. The standard InChI is InChI=1S/C20H31N7O4S/c1-13(2)9-21-20(29)18-16(10-22-26(18)5)24-19(28)15-7-6-8-27(12-15)32(30,31)17-11-23-25(4)14(17)3/h10-11,13,15H,6-9,12H2,1-5H3,(H,21,29)(H,24,28)/t15-/m0/s1. The van der Waals surface area contributed by atoms with Crippen LogP contribution in [0.1, 0.15) is 42.9 Å². The van der Waals surface area contributed by atoms with Crippen molar-refractivity contribution < 1.29 is 18.0 Å². The monoisotopic (exact) mass is 465 g/mol. The van der Waals surface area contributed by atoms with E-state index >= 15 is 0 Å². The Morgan fingerprint density at radius 1 is 1.19 bits per heavy atom. The molecule has 11 nitrogen and oxygen atoms in total. The number of hydrogen-bond acceptors (Lipinski definition) is 6. The van der Waals surface area contributed by atoms with Crippen LogP contribution in [0.15, 0.2) is 17.3 Å². The van der Waals surface area contributed by atoms with Crippen LogP contribution < -0.4 is 10.6 Å². The molecule has 3 rings (SSSR count). The molecular formula is C20H31N7O4S. The SMILES string of the molecule is Cc1c(S(=O)(=O)N2CCC[C@H](C(=O)Nc3cnn(C)c3C(=O)NCC(C)C)C2)cnn1C. The van der Waals surface area contributed by atoms with E-state index in [-0.39, 0.29) is 34.9 Å². The molecule has 0 radical (unpaired) electrons. The number of rotatable bonds is 7. The van der Waals surface area contributed by atoms with E-state index in [0.717, 1.165) is 0 Å². The van der Waals surface area contributed by atoms with Crippen LogP contribution >= 0.6 is 0 Å². The third kappa shape index (κ3) is 4.85. The summed E-state index contributed by atoms with van der Waals surface area (Å²) >= 11 is 0. The van der Waals surface area contributed by atoms with E-state index in [2.05, 4.69) is 20.8 Å². The third-order valence-electron chi connectivity index (χ3n) is 5.65. The van der Waals surface area contributed by atoms with E-state index in [1.165, 1.54) is 26.1 Å². The van der Waals surface area contributed by atoms with Gasteiger partial charge >= 0.3 is 0 Å². The summed E-state index contributed by atoms with van der Waals surface area (Å²) in [5.74, 6) is -0.918. The van der Waals surface area contributed by atoms with Crippen molar-refractivity contribution >= 4 is 27.5 Å². The lowest BCUT2D eigenvalue weighted by atomic mass is 9.98. The van der Waals surface area contributed by atoms with Gasteiger partial charge < -0.3 is 10.6 Å². The average Bonchev–Trinajstić information content (AvgIpc) is 3.28. The zero-order valence-corrected chi connectivity index (χ0v) is 19.9. The zero-order chi connectivity index (χ0) is 23.6. The van der Waals surface area contributed by atoms with Gasteiger partial charge in [0.05, 0.1) is 29.7 Å². The van der Waals surface area contributed by atoms with E-state index in [9.17, 15) is 18.0 Å². The van der Waals surface area contributed by atoms with E-state index in [1.807, 2.05) is 13.8 Å². The summed E-state index contributed by atoms with van der Waals surface area (Å²) in [6, 6.07) is 0. The topological polar surface area (TPSA) is 131 Å². The molecule has 0 spiro atoms. The summed E-state index contributed by atoms with van der Waals surface area (Å²) in [4.78, 5) is 25.7. The first-order chi connectivity index (χ1) is 15.0. The Balaban J connectivity index is 1.73. The molecule has 1 aliphatic heterocycles. The highest BCUT2D eigenvalue weighted by Gasteiger charge is 2.35. The molecule has 2 aromatic rings. The fourth-order valence-corrected chi connectivity index (χ4v) is 5.37. The second-order valence-corrected chi connectivity index (χ2v) is 10.4. The second kappa shape index (κ2) is 9.41. The maximum Gasteiger partial charge on any atom is 0.271 e. The number of anilines is 1. The Morgan fingerprint density at radius 2 is 1.88 bits per heavy atom.